The molecule has 99 heavy (non-hydrogen) atoms. The molecule has 0 fully saturated rings. The van der Waals surface area contributed by atoms with Gasteiger partial charge in [-0.05, 0) is 43.4 Å². The molecule has 0 heterocycles. The summed E-state index contributed by atoms with van der Waals surface area (Å²) in [6, 6.07) is 0. The first kappa shape index (κ1) is 97.1. The van der Waals surface area contributed by atoms with Crippen molar-refractivity contribution >= 4 is 39.5 Å². The molecular formula is C80H156O17P2. The molecule has 0 aromatic heterocycles. The summed E-state index contributed by atoms with van der Waals surface area (Å²) in [7, 11) is -9.92. The molecule has 17 nitrogen and oxygen atoms in total. The van der Waals surface area contributed by atoms with Crippen LogP contribution in [0.3, 0.4) is 0 Å². The van der Waals surface area contributed by atoms with E-state index in [0.717, 1.165) is 108 Å². The summed E-state index contributed by atoms with van der Waals surface area (Å²) < 4.78 is 68.7. The maximum Gasteiger partial charge on any atom is 0.472 e. The molecule has 0 amide bonds. The highest BCUT2D eigenvalue weighted by Crippen LogP contribution is 2.45. The number of phosphoric ester groups is 2. The third-order valence-electron chi connectivity index (χ3n) is 19.0. The predicted molar refractivity (Wildman–Crippen MR) is 405 cm³/mol. The number of hydrogen-bond acceptors (Lipinski definition) is 15. The third kappa shape index (κ3) is 72.8. The van der Waals surface area contributed by atoms with Crippen LogP contribution in [0.5, 0.6) is 0 Å². The number of ether oxygens (including phenoxy) is 4. The Morgan fingerprint density at radius 3 is 0.768 bits per heavy atom. The first-order valence-corrected chi connectivity index (χ1v) is 44.4. The number of phosphoric acid groups is 2. The van der Waals surface area contributed by atoms with Crippen molar-refractivity contribution in [1.82, 2.24) is 0 Å². The van der Waals surface area contributed by atoms with Crippen LogP contribution < -0.4 is 0 Å². The van der Waals surface area contributed by atoms with Crippen molar-refractivity contribution in [2.24, 2.45) is 17.8 Å². The zero-order valence-corrected chi connectivity index (χ0v) is 66.8. The number of esters is 4. The van der Waals surface area contributed by atoms with E-state index in [2.05, 4.69) is 48.5 Å². The van der Waals surface area contributed by atoms with E-state index in [1.165, 1.54) is 218 Å². The Bertz CT molecular complexity index is 1920. The van der Waals surface area contributed by atoms with Crippen LogP contribution in [-0.4, -0.2) is 96.7 Å². The Morgan fingerprint density at radius 1 is 0.293 bits per heavy atom. The monoisotopic (exact) mass is 1450 g/mol. The van der Waals surface area contributed by atoms with Crippen LogP contribution in [0.25, 0.3) is 0 Å². The lowest BCUT2D eigenvalue weighted by Gasteiger charge is -2.21. The first-order valence-electron chi connectivity index (χ1n) is 41.4. The highest BCUT2D eigenvalue weighted by Gasteiger charge is 2.30. The van der Waals surface area contributed by atoms with E-state index < -0.39 is 97.5 Å². The van der Waals surface area contributed by atoms with E-state index in [-0.39, 0.29) is 25.7 Å². The number of unbranched alkanes of at least 4 members (excludes halogenated alkanes) is 45. The van der Waals surface area contributed by atoms with Crippen molar-refractivity contribution in [3.8, 4) is 0 Å². The number of carbonyl (C=O) groups is 4. The number of aliphatic hydroxyl groups excluding tert-OH is 1. The van der Waals surface area contributed by atoms with E-state index in [4.69, 9.17) is 37.0 Å². The molecule has 0 radical (unpaired) electrons. The van der Waals surface area contributed by atoms with E-state index in [0.29, 0.717) is 31.6 Å². The average molecular weight is 1450 g/mol. The summed E-state index contributed by atoms with van der Waals surface area (Å²) in [6.07, 6.45) is 58.4. The van der Waals surface area contributed by atoms with Crippen molar-refractivity contribution in [3.05, 3.63) is 0 Å². The van der Waals surface area contributed by atoms with Crippen LogP contribution >= 0.6 is 15.6 Å². The van der Waals surface area contributed by atoms with Crippen LogP contribution in [0.2, 0.25) is 0 Å². The Kier molecular flexibility index (Phi) is 69.0. The lowest BCUT2D eigenvalue weighted by molar-refractivity contribution is -0.161. The minimum Gasteiger partial charge on any atom is -0.462 e. The summed E-state index contributed by atoms with van der Waals surface area (Å²) in [6.45, 7) is 11.9. The molecule has 19 heteroatoms. The highest BCUT2D eigenvalue weighted by atomic mass is 31.2. The maximum absolute atomic E-state index is 13.1. The molecule has 6 atom stereocenters. The molecule has 0 bridgehead atoms. The molecule has 0 saturated heterocycles. The van der Waals surface area contributed by atoms with Gasteiger partial charge in [-0.25, -0.2) is 9.13 Å². The predicted octanol–water partition coefficient (Wildman–Crippen LogP) is 23.7. The normalized spacial score (nSPS) is 14.3. The molecule has 588 valence electrons. The lowest BCUT2D eigenvalue weighted by Crippen LogP contribution is -2.30. The molecule has 0 saturated carbocycles. The lowest BCUT2D eigenvalue weighted by atomic mass is 9.99. The van der Waals surface area contributed by atoms with Gasteiger partial charge in [-0.15, -0.1) is 0 Å². The van der Waals surface area contributed by atoms with E-state index in [1.54, 1.807) is 0 Å². The van der Waals surface area contributed by atoms with Gasteiger partial charge in [-0.2, -0.15) is 0 Å². The minimum absolute atomic E-state index is 0.105. The maximum atomic E-state index is 13.1. The number of carbonyl (C=O) groups excluding carboxylic acids is 4. The Morgan fingerprint density at radius 2 is 0.515 bits per heavy atom. The SMILES string of the molecule is CCCCCCCCCCCCCCCCCCCCCC(=O)O[C@H](COC(=O)CCCCCCCCCCCCCCCCC(C)C)COP(=O)(O)OC[C@@H](O)COP(=O)(O)OC[C@@H](COC(=O)CCCCCCCCC(C)C)OC(=O)CCCCCCCCCCCCC(C)CC. The van der Waals surface area contributed by atoms with Gasteiger partial charge in [0, 0.05) is 25.7 Å². The smallest absolute Gasteiger partial charge is 0.462 e. The molecule has 0 aromatic rings. The number of rotatable bonds is 78. The molecular weight excluding hydrogens is 1290 g/mol. The number of hydrogen-bond donors (Lipinski definition) is 3. The summed E-state index contributed by atoms with van der Waals surface area (Å²) in [5.74, 6) is 0.167. The fraction of sp³-hybridized carbons (Fsp3) is 0.950. The van der Waals surface area contributed by atoms with E-state index >= 15 is 0 Å². The van der Waals surface area contributed by atoms with E-state index in [9.17, 15) is 43.2 Å². The third-order valence-corrected chi connectivity index (χ3v) is 20.9. The fourth-order valence-corrected chi connectivity index (χ4v) is 13.9. The second-order valence-corrected chi connectivity index (χ2v) is 32.9. The summed E-state index contributed by atoms with van der Waals surface area (Å²) in [4.78, 5) is 72.9. The zero-order chi connectivity index (χ0) is 73.0. The van der Waals surface area contributed by atoms with Crippen molar-refractivity contribution in [1.29, 1.82) is 0 Å². The van der Waals surface area contributed by atoms with Gasteiger partial charge < -0.3 is 33.8 Å². The fourth-order valence-electron chi connectivity index (χ4n) is 12.3. The molecule has 0 aromatic carbocycles. The van der Waals surface area contributed by atoms with Gasteiger partial charge in [-0.3, -0.25) is 37.3 Å². The van der Waals surface area contributed by atoms with Crippen LogP contribution in [-0.2, 0) is 65.4 Å². The van der Waals surface area contributed by atoms with Crippen molar-refractivity contribution in [2.45, 2.75) is 433 Å². The molecule has 0 aliphatic heterocycles. The topological polar surface area (TPSA) is 237 Å². The van der Waals surface area contributed by atoms with Crippen molar-refractivity contribution in [2.75, 3.05) is 39.6 Å². The van der Waals surface area contributed by atoms with Crippen LogP contribution in [0.4, 0.5) is 0 Å². The van der Waals surface area contributed by atoms with Gasteiger partial charge >= 0.3 is 39.5 Å². The molecule has 0 spiro atoms. The summed E-state index contributed by atoms with van der Waals surface area (Å²) >= 11 is 0. The Hall–Kier alpha value is -1.94. The van der Waals surface area contributed by atoms with Crippen molar-refractivity contribution in [3.63, 3.8) is 0 Å². The number of aliphatic hydroxyl groups is 1. The van der Waals surface area contributed by atoms with Crippen LogP contribution in [0, 0.1) is 17.8 Å². The minimum atomic E-state index is -4.96. The second kappa shape index (κ2) is 70.4. The standard InChI is InChI=1S/C80H156O17P2/c1-8-10-11-12-13-14-15-16-17-18-19-20-21-26-29-35-40-49-56-63-79(84)96-75(67-90-77(82)61-54-47-39-34-28-25-23-22-24-27-32-37-44-51-58-71(3)4)69-94-98(86,87)92-65-74(81)66-93-99(88,89)95-70-76(68-91-78(83)62-55-48-43-42-45-52-59-72(5)6)97-80(85)64-57-50-41-36-31-30-33-38-46-53-60-73(7)9-2/h71-76,81H,8-70H2,1-7H3,(H,86,87)(H,88,89)/t73?,74-,75-,76-/m1/s1. The highest BCUT2D eigenvalue weighted by molar-refractivity contribution is 7.47. The van der Waals surface area contributed by atoms with Gasteiger partial charge in [0.2, 0.25) is 0 Å². The largest absolute Gasteiger partial charge is 0.472 e. The van der Waals surface area contributed by atoms with Gasteiger partial charge in [0.15, 0.2) is 12.2 Å². The van der Waals surface area contributed by atoms with Crippen molar-refractivity contribution < 1.29 is 80.2 Å². The van der Waals surface area contributed by atoms with Gasteiger partial charge in [-0.1, -0.05) is 363 Å². The van der Waals surface area contributed by atoms with Crippen LogP contribution in [0.15, 0.2) is 0 Å². The van der Waals surface area contributed by atoms with Gasteiger partial charge in [0.1, 0.15) is 19.3 Å². The molecule has 0 rings (SSSR count). The van der Waals surface area contributed by atoms with Gasteiger partial charge in [0.25, 0.3) is 0 Å². The molecule has 3 N–H and O–H groups in total. The van der Waals surface area contributed by atoms with Gasteiger partial charge in [0.05, 0.1) is 26.4 Å². The quantitative estimate of drug-likeness (QED) is 0.0222. The summed E-state index contributed by atoms with van der Waals surface area (Å²) in [5, 5.41) is 10.6. The molecule has 0 aliphatic carbocycles. The Labute approximate surface area is 607 Å². The second-order valence-electron chi connectivity index (χ2n) is 30.0. The summed E-state index contributed by atoms with van der Waals surface area (Å²) in [5.41, 5.74) is 0. The van der Waals surface area contributed by atoms with E-state index in [1.807, 2.05) is 0 Å². The zero-order valence-electron chi connectivity index (χ0n) is 65.0. The van der Waals surface area contributed by atoms with Crippen LogP contribution in [0.1, 0.15) is 414 Å². The first-order chi connectivity index (χ1) is 47.8. The average Bonchev–Trinajstić information content (AvgIpc) is 1.18. The Balaban J connectivity index is 5.23. The molecule has 0 aliphatic rings. The molecule has 3 unspecified atom stereocenters.